The van der Waals surface area contributed by atoms with Crippen LogP contribution in [0.15, 0.2) is 65.7 Å². The molecule has 10 heteroatoms. The SMILES string of the molecule is CCCCCCCCCC[C@@H](O)C1C=C[C@H]2C(=O)N(Cc3ccccn3)C(=O)[C@H]2N1Nc1ccc(S(C)(=O)=O)cc1. The maximum atomic E-state index is 13.7. The summed E-state index contributed by atoms with van der Waals surface area (Å²) >= 11 is 0. The highest BCUT2D eigenvalue weighted by atomic mass is 32.2. The standard InChI is InChI=1S/C31H42N4O5S/c1-3-4-5-6-7-8-9-10-14-28(36)27-20-19-26-29(31(38)34(30(26)37)22-24-13-11-12-21-32-24)35(27)33-23-15-17-25(18-16-23)41(2,39)40/h11-13,15-21,26-29,33,36H,3-10,14,22H2,1-2H3/t26-,27?,28-,29+/m1/s1. The zero-order chi connectivity index (χ0) is 29.4. The molecule has 0 saturated carbocycles. The van der Waals surface area contributed by atoms with Gasteiger partial charge in [-0.2, -0.15) is 0 Å². The normalized spacial score (nSPS) is 21.7. The fourth-order valence-corrected chi connectivity index (χ4v) is 6.21. The lowest BCUT2D eigenvalue weighted by Crippen LogP contribution is -2.57. The number of sulfone groups is 1. The molecular formula is C31H42N4O5S. The number of aliphatic hydroxyl groups excluding tert-OH is 1. The Bertz CT molecular complexity index is 1300. The van der Waals surface area contributed by atoms with Crippen molar-refractivity contribution in [3.63, 3.8) is 0 Å². The summed E-state index contributed by atoms with van der Waals surface area (Å²) in [5.41, 5.74) is 4.40. The lowest BCUT2D eigenvalue weighted by molar-refractivity contribution is -0.140. The smallest absolute Gasteiger partial charge is 0.249 e. The van der Waals surface area contributed by atoms with Gasteiger partial charge in [0, 0.05) is 18.1 Å². The highest BCUT2D eigenvalue weighted by Gasteiger charge is 2.53. The summed E-state index contributed by atoms with van der Waals surface area (Å²) in [4.78, 5) is 32.8. The number of hydrogen-bond donors (Lipinski definition) is 2. The van der Waals surface area contributed by atoms with E-state index in [1.165, 1.54) is 49.1 Å². The number of aliphatic hydroxyl groups is 1. The maximum absolute atomic E-state index is 13.7. The molecule has 1 aromatic heterocycles. The average molecular weight is 583 g/mol. The van der Waals surface area contributed by atoms with Gasteiger partial charge < -0.3 is 10.5 Å². The number of amides is 2. The van der Waals surface area contributed by atoms with Crippen molar-refractivity contribution in [2.24, 2.45) is 5.92 Å². The summed E-state index contributed by atoms with van der Waals surface area (Å²) in [6, 6.07) is 10.2. The van der Waals surface area contributed by atoms with Crippen LogP contribution in [0.5, 0.6) is 0 Å². The Hall–Kier alpha value is -3.08. The van der Waals surface area contributed by atoms with Crippen LogP contribution in [-0.2, 0) is 26.0 Å². The second-order valence-electron chi connectivity index (χ2n) is 11.1. The van der Waals surface area contributed by atoms with Gasteiger partial charge in [-0.05, 0) is 42.8 Å². The minimum atomic E-state index is -3.37. The first-order chi connectivity index (χ1) is 19.7. The minimum Gasteiger partial charge on any atom is -0.391 e. The van der Waals surface area contributed by atoms with E-state index in [1.54, 1.807) is 41.5 Å². The average Bonchev–Trinajstić information content (AvgIpc) is 3.20. The van der Waals surface area contributed by atoms with Gasteiger partial charge in [0.25, 0.3) is 0 Å². The number of nitrogens with zero attached hydrogens (tertiary/aromatic N) is 3. The zero-order valence-corrected chi connectivity index (χ0v) is 24.8. The van der Waals surface area contributed by atoms with Crippen LogP contribution >= 0.6 is 0 Å². The summed E-state index contributed by atoms with van der Waals surface area (Å²) in [6.07, 6.45) is 15.4. The molecule has 1 unspecified atom stereocenters. The zero-order valence-electron chi connectivity index (χ0n) is 24.0. The Labute approximate surface area is 243 Å². The Morgan fingerprint density at radius 2 is 1.61 bits per heavy atom. The highest BCUT2D eigenvalue weighted by molar-refractivity contribution is 7.90. The number of benzene rings is 1. The quantitative estimate of drug-likeness (QED) is 0.179. The summed E-state index contributed by atoms with van der Waals surface area (Å²) < 4.78 is 23.9. The van der Waals surface area contributed by atoms with E-state index in [-0.39, 0.29) is 23.3 Å². The van der Waals surface area contributed by atoms with Crippen LogP contribution in [0.1, 0.15) is 70.4 Å². The van der Waals surface area contributed by atoms with Crippen molar-refractivity contribution in [2.45, 2.75) is 94.3 Å². The number of carbonyl (C=O) groups excluding carboxylic acids is 2. The van der Waals surface area contributed by atoms with Crippen LogP contribution < -0.4 is 5.43 Å². The van der Waals surface area contributed by atoms with Crippen molar-refractivity contribution in [3.8, 4) is 0 Å². The van der Waals surface area contributed by atoms with Crippen molar-refractivity contribution < 1.29 is 23.1 Å². The number of unbranched alkanes of at least 4 members (excludes halogenated alkanes) is 7. The molecule has 1 saturated heterocycles. The minimum absolute atomic E-state index is 0.0712. The van der Waals surface area contributed by atoms with Gasteiger partial charge in [-0.3, -0.25) is 19.5 Å². The number of fused-ring (bicyclic) bond motifs is 1. The molecule has 2 N–H and O–H groups in total. The number of anilines is 1. The van der Waals surface area contributed by atoms with Crippen molar-refractivity contribution >= 4 is 27.3 Å². The molecular weight excluding hydrogens is 540 g/mol. The molecule has 3 heterocycles. The van der Waals surface area contributed by atoms with Crippen LogP contribution in [0.3, 0.4) is 0 Å². The molecule has 2 aliphatic rings. The molecule has 222 valence electrons. The van der Waals surface area contributed by atoms with E-state index in [4.69, 9.17) is 0 Å². The highest BCUT2D eigenvalue weighted by Crippen LogP contribution is 2.34. The van der Waals surface area contributed by atoms with Gasteiger partial charge in [-0.25, -0.2) is 13.4 Å². The summed E-state index contributed by atoms with van der Waals surface area (Å²) in [6.45, 7) is 2.28. The Morgan fingerprint density at radius 3 is 2.24 bits per heavy atom. The van der Waals surface area contributed by atoms with Gasteiger partial charge >= 0.3 is 0 Å². The van der Waals surface area contributed by atoms with E-state index in [0.29, 0.717) is 17.8 Å². The lowest BCUT2D eigenvalue weighted by atomic mass is 9.91. The number of imide groups is 1. The summed E-state index contributed by atoms with van der Waals surface area (Å²) in [5.74, 6) is -1.38. The molecule has 1 fully saturated rings. The molecule has 2 aliphatic heterocycles. The number of carbonyl (C=O) groups is 2. The first kappa shape index (κ1) is 30.9. The van der Waals surface area contributed by atoms with E-state index in [1.807, 2.05) is 12.1 Å². The van der Waals surface area contributed by atoms with Gasteiger partial charge in [0.05, 0.1) is 35.2 Å². The number of rotatable bonds is 15. The molecule has 4 rings (SSSR count). The van der Waals surface area contributed by atoms with Crippen molar-refractivity contribution in [2.75, 3.05) is 11.7 Å². The van der Waals surface area contributed by atoms with E-state index >= 15 is 0 Å². The molecule has 0 radical (unpaired) electrons. The molecule has 0 bridgehead atoms. The molecule has 4 atom stereocenters. The molecule has 0 spiro atoms. The maximum Gasteiger partial charge on any atom is 0.249 e. The first-order valence-electron chi connectivity index (χ1n) is 14.7. The van der Waals surface area contributed by atoms with Crippen molar-refractivity contribution in [3.05, 3.63) is 66.5 Å². The molecule has 2 aromatic rings. The molecule has 0 aliphatic carbocycles. The van der Waals surface area contributed by atoms with Crippen LogP contribution in [0.4, 0.5) is 5.69 Å². The fourth-order valence-electron chi connectivity index (χ4n) is 5.58. The Kier molecular flexibility index (Phi) is 10.7. The predicted molar refractivity (Wildman–Crippen MR) is 158 cm³/mol. The third kappa shape index (κ3) is 7.81. The van der Waals surface area contributed by atoms with Gasteiger partial charge in [-0.1, -0.05) is 76.5 Å². The second-order valence-corrected chi connectivity index (χ2v) is 13.1. The molecule has 2 amide bonds. The summed E-state index contributed by atoms with van der Waals surface area (Å²) in [5, 5.41) is 13.0. The number of aromatic nitrogens is 1. The van der Waals surface area contributed by atoms with E-state index in [2.05, 4.69) is 17.3 Å². The fraction of sp³-hybridized carbons (Fsp3) is 0.516. The third-order valence-electron chi connectivity index (χ3n) is 7.88. The second kappa shape index (κ2) is 14.2. The van der Waals surface area contributed by atoms with E-state index in [9.17, 15) is 23.1 Å². The van der Waals surface area contributed by atoms with Crippen LogP contribution in [0.25, 0.3) is 0 Å². The van der Waals surface area contributed by atoms with Crippen LogP contribution in [0, 0.1) is 5.92 Å². The molecule has 9 nitrogen and oxygen atoms in total. The molecule has 41 heavy (non-hydrogen) atoms. The lowest BCUT2D eigenvalue weighted by Gasteiger charge is -2.40. The van der Waals surface area contributed by atoms with Gasteiger partial charge in [0.2, 0.25) is 11.8 Å². The topological polar surface area (TPSA) is 120 Å². The van der Waals surface area contributed by atoms with Gasteiger partial charge in [0.15, 0.2) is 9.84 Å². The van der Waals surface area contributed by atoms with E-state index < -0.39 is 33.9 Å². The molecule has 1 aromatic carbocycles. The Balaban J connectivity index is 1.50. The van der Waals surface area contributed by atoms with Crippen molar-refractivity contribution in [1.29, 1.82) is 0 Å². The Morgan fingerprint density at radius 1 is 0.927 bits per heavy atom. The van der Waals surface area contributed by atoms with Crippen molar-refractivity contribution in [1.82, 2.24) is 14.9 Å². The summed E-state index contributed by atoms with van der Waals surface area (Å²) in [7, 11) is -3.37. The third-order valence-corrected chi connectivity index (χ3v) is 9.01. The van der Waals surface area contributed by atoms with Crippen LogP contribution in [0.2, 0.25) is 0 Å². The number of hydrogen-bond acceptors (Lipinski definition) is 8. The number of hydrazine groups is 1. The monoisotopic (exact) mass is 582 g/mol. The number of nitrogens with one attached hydrogen (secondary N) is 1. The van der Waals surface area contributed by atoms with Gasteiger partial charge in [-0.15, -0.1) is 0 Å². The first-order valence-corrected chi connectivity index (χ1v) is 16.6. The largest absolute Gasteiger partial charge is 0.391 e. The number of likely N-dealkylation sites (tertiary alicyclic amines) is 1. The van der Waals surface area contributed by atoms with Crippen LogP contribution in [-0.4, -0.2) is 64.7 Å². The predicted octanol–water partition coefficient (Wildman–Crippen LogP) is 4.50. The van der Waals surface area contributed by atoms with E-state index in [0.717, 1.165) is 25.5 Å². The van der Waals surface area contributed by atoms with Gasteiger partial charge in [0.1, 0.15) is 6.04 Å². The number of pyridine rings is 1.